The minimum Gasteiger partial charge on any atom is -0.264 e. The Hall–Kier alpha value is -3.52. The molecule has 0 unspecified atom stereocenters. The highest BCUT2D eigenvalue weighted by atomic mass is 14.7. The molecule has 0 aliphatic carbocycles. The third-order valence-electron chi connectivity index (χ3n) is 7.27. The molecule has 0 saturated carbocycles. The fourth-order valence-electron chi connectivity index (χ4n) is 5.41. The van der Waals surface area contributed by atoms with Crippen molar-refractivity contribution in [2.24, 2.45) is 0 Å². The molecular formula is C34H36N2. The smallest absolute Gasteiger partial charge is 0.0410 e. The Morgan fingerprint density at radius 2 is 1.14 bits per heavy atom. The monoisotopic (exact) mass is 472 g/mol. The van der Waals surface area contributed by atoms with Crippen LogP contribution in [0, 0.1) is 0 Å². The van der Waals surface area contributed by atoms with Gasteiger partial charge in [-0.1, -0.05) is 113 Å². The second kappa shape index (κ2) is 11.9. The number of benzene rings is 3. The van der Waals surface area contributed by atoms with Gasteiger partial charge in [-0.2, -0.15) is 0 Å². The van der Waals surface area contributed by atoms with E-state index >= 15 is 0 Å². The maximum absolute atomic E-state index is 4.98. The molecular weight excluding hydrogens is 436 g/mol. The molecule has 2 aromatic heterocycles. The van der Waals surface area contributed by atoms with Crippen molar-refractivity contribution < 1.29 is 0 Å². The van der Waals surface area contributed by atoms with Crippen LogP contribution >= 0.6 is 0 Å². The lowest BCUT2D eigenvalue weighted by Gasteiger charge is -2.18. The van der Waals surface area contributed by atoms with Crippen molar-refractivity contribution in [2.45, 2.75) is 64.7 Å². The Labute approximate surface area is 215 Å². The number of fused-ring (bicyclic) bond motifs is 2. The van der Waals surface area contributed by atoms with Gasteiger partial charge in [-0.15, -0.1) is 0 Å². The predicted octanol–water partition coefficient (Wildman–Crippen LogP) is 9.80. The van der Waals surface area contributed by atoms with Gasteiger partial charge in [-0.3, -0.25) is 9.97 Å². The first-order chi connectivity index (χ1) is 17.9. The highest BCUT2D eigenvalue weighted by molar-refractivity contribution is 6.21. The Morgan fingerprint density at radius 3 is 1.81 bits per heavy atom. The number of aryl methyl sites for hydroxylation is 1. The molecule has 0 fully saturated rings. The largest absolute Gasteiger partial charge is 0.264 e. The normalized spacial score (nSPS) is 11.4. The van der Waals surface area contributed by atoms with Crippen molar-refractivity contribution in [1.82, 2.24) is 9.97 Å². The second-order valence-electron chi connectivity index (χ2n) is 9.85. The van der Waals surface area contributed by atoms with E-state index in [0.717, 1.165) is 6.42 Å². The number of hydrogen-bond acceptors (Lipinski definition) is 2. The van der Waals surface area contributed by atoms with Gasteiger partial charge in [0.05, 0.1) is 0 Å². The zero-order valence-corrected chi connectivity index (χ0v) is 21.4. The van der Waals surface area contributed by atoms with E-state index in [9.17, 15) is 0 Å². The fourth-order valence-corrected chi connectivity index (χ4v) is 5.41. The topological polar surface area (TPSA) is 25.8 Å². The van der Waals surface area contributed by atoms with Crippen LogP contribution in [0.2, 0.25) is 0 Å². The van der Waals surface area contributed by atoms with Gasteiger partial charge in [0.2, 0.25) is 0 Å². The summed E-state index contributed by atoms with van der Waals surface area (Å²) in [5.74, 6) is 0. The van der Waals surface area contributed by atoms with Crippen LogP contribution in [0.15, 0.2) is 91.4 Å². The Balaban J connectivity index is 1.55. The third-order valence-corrected chi connectivity index (χ3v) is 7.27. The summed E-state index contributed by atoms with van der Waals surface area (Å²) in [6.45, 7) is 2.28. The van der Waals surface area contributed by atoms with Gasteiger partial charge in [0.25, 0.3) is 0 Å². The molecule has 0 saturated heterocycles. The van der Waals surface area contributed by atoms with Gasteiger partial charge in [0.15, 0.2) is 0 Å². The number of rotatable bonds is 11. The highest BCUT2D eigenvalue weighted by Crippen LogP contribution is 2.43. The van der Waals surface area contributed by atoms with Crippen molar-refractivity contribution in [1.29, 1.82) is 0 Å². The minimum atomic E-state index is 1.03. The van der Waals surface area contributed by atoms with E-state index < -0.39 is 0 Å². The fraction of sp³-hybridized carbons (Fsp3) is 0.294. The molecule has 0 radical (unpaired) electrons. The van der Waals surface area contributed by atoms with Crippen molar-refractivity contribution in [3.63, 3.8) is 0 Å². The molecule has 3 aromatic carbocycles. The first-order valence-electron chi connectivity index (χ1n) is 13.7. The molecule has 2 nitrogen and oxygen atoms in total. The lowest BCUT2D eigenvalue weighted by molar-refractivity contribution is 0.574. The van der Waals surface area contributed by atoms with Crippen LogP contribution in [-0.4, -0.2) is 9.97 Å². The van der Waals surface area contributed by atoms with Gasteiger partial charge in [-0.25, -0.2) is 0 Å². The summed E-state index contributed by atoms with van der Waals surface area (Å²) in [6, 6.07) is 25.9. The van der Waals surface area contributed by atoms with Gasteiger partial charge < -0.3 is 0 Å². The number of hydrogen-bond donors (Lipinski definition) is 0. The van der Waals surface area contributed by atoms with Crippen LogP contribution in [0.4, 0.5) is 0 Å². The molecule has 0 spiro atoms. The SMILES string of the molecule is CCCCCCCCCCc1cc2c(-c3ccccc3)c3cnccc3c(-c3ccccc3)c2cn1. The quantitative estimate of drug-likeness (QED) is 0.141. The van der Waals surface area contributed by atoms with E-state index in [1.165, 1.54) is 101 Å². The molecule has 0 amide bonds. The summed E-state index contributed by atoms with van der Waals surface area (Å²) in [7, 11) is 0. The summed E-state index contributed by atoms with van der Waals surface area (Å²) in [5, 5.41) is 4.89. The lowest BCUT2D eigenvalue weighted by Crippen LogP contribution is -1.96. The zero-order valence-electron chi connectivity index (χ0n) is 21.4. The van der Waals surface area contributed by atoms with Gasteiger partial charge in [0, 0.05) is 35.1 Å². The molecule has 36 heavy (non-hydrogen) atoms. The van der Waals surface area contributed by atoms with E-state index in [2.05, 4.69) is 90.9 Å². The number of pyridine rings is 2. The van der Waals surface area contributed by atoms with Crippen molar-refractivity contribution >= 4 is 21.5 Å². The van der Waals surface area contributed by atoms with Crippen LogP contribution < -0.4 is 0 Å². The van der Waals surface area contributed by atoms with Crippen molar-refractivity contribution in [3.05, 3.63) is 97.1 Å². The number of unbranched alkanes of at least 4 members (excludes halogenated alkanes) is 7. The molecule has 5 aromatic rings. The molecule has 182 valence electrons. The van der Waals surface area contributed by atoms with Crippen LogP contribution in [0.1, 0.15) is 64.0 Å². The Morgan fingerprint density at radius 1 is 0.556 bits per heavy atom. The average Bonchev–Trinajstić information content (AvgIpc) is 2.94. The van der Waals surface area contributed by atoms with Crippen molar-refractivity contribution in [3.8, 4) is 22.3 Å². The van der Waals surface area contributed by atoms with Crippen LogP contribution in [-0.2, 0) is 6.42 Å². The number of aromatic nitrogens is 2. The first-order valence-corrected chi connectivity index (χ1v) is 13.7. The standard InChI is InChI=1S/C34H36N2/c1-2-3-4-5-6-7-8-15-20-28-23-30-32(25-36-28)33(26-16-11-9-12-17-26)29-21-22-35-24-31(29)34(30)27-18-13-10-14-19-27/h9-14,16-19,21-25H,2-8,15,20H2,1H3. The maximum atomic E-state index is 4.98. The van der Waals surface area contributed by atoms with Crippen LogP contribution in [0.5, 0.6) is 0 Å². The van der Waals surface area contributed by atoms with E-state index in [4.69, 9.17) is 4.98 Å². The molecule has 0 N–H and O–H groups in total. The maximum Gasteiger partial charge on any atom is 0.0410 e. The third kappa shape index (κ3) is 5.33. The highest BCUT2D eigenvalue weighted by Gasteiger charge is 2.17. The first kappa shape index (κ1) is 24.2. The molecule has 0 atom stereocenters. The van der Waals surface area contributed by atoms with Gasteiger partial charge in [0.1, 0.15) is 0 Å². The molecule has 0 aliphatic heterocycles. The van der Waals surface area contributed by atoms with E-state index in [1.807, 2.05) is 12.4 Å². The molecule has 5 rings (SSSR count). The van der Waals surface area contributed by atoms with E-state index in [1.54, 1.807) is 0 Å². The Bertz CT molecular complexity index is 1410. The van der Waals surface area contributed by atoms with E-state index in [-0.39, 0.29) is 0 Å². The number of nitrogens with zero attached hydrogens (tertiary/aromatic N) is 2. The average molecular weight is 473 g/mol. The van der Waals surface area contributed by atoms with Crippen LogP contribution in [0.3, 0.4) is 0 Å². The summed E-state index contributed by atoms with van der Waals surface area (Å²) in [4.78, 5) is 9.52. The summed E-state index contributed by atoms with van der Waals surface area (Å²) < 4.78 is 0. The predicted molar refractivity (Wildman–Crippen MR) is 154 cm³/mol. The molecule has 0 bridgehead atoms. The minimum absolute atomic E-state index is 1.03. The summed E-state index contributed by atoms with van der Waals surface area (Å²) in [5.41, 5.74) is 6.13. The second-order valence-corrected chi connectivity index (χ2v) is 9.85. The summed E-state index contributed by atoms with van der Waals surface area (Å²) in [6.07, 6.45) is 17.7. The molecule has 0 aliphatic rings. The lowest BCUT2D eigenvalue weighted by atomic mass is 9.87. The van der Waals surface area contributed by atoms with Gasteiger partial charge in [-0.05, 0) is 58.0 Å². The Kier molecular flexibility index (Phi) is 8.03. The van der Waals surface area contributed by atoms with E-state index in [0.29, 0.717) is 0 Å². The van der Waals surface area contributed by atoms with Gasteiger partial charge >= 0.3 is 0 Å². The summed E-state index contributed by atoms with van der Waals surface area (Å²) >= 11 is 0. The molecule has 2 heterocycles. The van der Waals surface area contributed by atoms with Crippen LogP contribution in [0.25, 0.3) is 43.8 Å². The van der Waals surface area contributed by atoms with Crippen molar-refractivity contribution in [2.75, 3.05) is 0 Å². The molecule has 2 heteroatoms. The zero-order chi connectivity index (χ0) is 24.6.